The summed E-state index contributed by atoms with van der Waals surface area (Å²) < 4.78 is 2.00. The Hall–Kier alpha value is -0.540. The normalized spacial score (nSPS) is 22.5. The smallest absolute Gasteiger partial charge is 0.150 e. The van der Waals surface area contributed by atoms with Gasteiger partial charge in [-0.15, -0.1) is 0 Å². The van der Waals surface area contributed by atoms with Crippen molar-refractivity contribution in [3.05, 3.63) is 17.2 Å². The first-order chi connectivity index (χ1) is 6.27. The fraction of sp³-hybridized carbons (Fsp3) is 0.667. The molecule has 0 amide bonds. The van der Waals surface area contributed by atoms with Crippen molar-refractivity contribution in [1.29, 1.82) is 0 Å². The zero-order valence-corrected chi connectivity index (χ0v) is 8.51. The van der Waals surface area contributed by atoms with Crippen molar-refractivity contribution in [2.24, 2.45) is 7.05 Å². The van der Waals surface area contributed by atoms with Crippen LogP contribution in [0.1, 0.15) is 18.5 Å². The van der Waals surface area contributed by atoms with Crippen LogP contribution in [0.15, 0.2) is 6.33 Å². The minimum Gasteiger partial charge on any atom is -0.336 e. The van der Waals surface area contributed by atoms with Crippen LogP contribution < -0.4 is 5.32 Å². The Morgan fingerprint density at radius 1 is 1.77 bits per heavy atom. The van der Waals surface area contributed by atoms with Gasteiger partial charge in [0.15, 0.2) is 0 Å². The van der Waals surface area contributed by atoms with E-state index in [9.17, 15) is 0 Å². The standard InChI is InChI=1S/C9H14ClN3/c1-13-6-12-9(10)8(13)5-7-3-2-4-11-7/h6-7,11H,2-5H2,1H3. The van der Waals surface area contributed by atoms with Gasteiger partial charge in [0.25, 0.3) is 0 Å². The summed E-state index contributed by atoms with van der Waals surface area (Å²) in [6.45, 7) is 1.14. The minimum atomic E-state index is 0.591. The molecule has 1 fully saturated rings. The molecule has 0 radical (unpaired) electrons. The molecular formula is C9H14ClN3. The van der Waals surface area contributed by atoms with Gasteiger partial charge in [-0.05, 0) is 19.4 Å². The number of rotatable bonds is 2. The summed E-state index contributed by atoms with van der Waals surface area (Å²) in [6.07, 6.45) is 5.30. The van der Waals surface area contributed by atoms with Crippen LogP contribution in [0.2, 0.25) is 5.15 Å². The van der Waals surface area contributed by atoms with Crippen LogP contribution in [0.4, 0.5) is 0 Å². The van der Waals surface area contributed by atoms with Gasteiger partial charge in [0.2, 0.25) is 0 Å². The van der Waals surface area contributed by atoms with Gasteiger partial charge in [-0.25, -0.2) is 4.98 Å². The van der Waals surface area contributed by atoms with Gasteiger partial charge in [-0.2, -0.15) is 0 Å². The van der Waals surface area contributed by atoms with E-state index in [0.29, 0.717) is 11.2 Å². The Bertz CT molecular complexity index is 270. The second-order valence-electron chi connectivity index (χ2n) is 3.59. The van der Waals surface area contributed by atoms with Gasteiger partial charge >= 0.3 is 0 Å². The van der Waals surface area contributed by atoms with E-state index >= 15 is 0 Å². The van der Waals surface area contributed by atoms with Crippen LogP contribution >= 0.6 is 11.6 Å². The molecule has 1 saturated heterocycles. The Morgan fingerprint density at radius 2 is 2.62 bits per heavy atom. The molecule has 3 nitrogen and oxygen atoms in total. The van der Waals surface area contributed by atoms with Gasteiger partial charge in [-0.3, -0.25) is 0 Å². The van der Waals surface area contributed by atoms with Crippen molar-refractivity contribution in [1.82, 2.24) is 14.9 Å². The number of hydrogen-bond acceptors (Lipinski definition) is 2. The van der Waals surface area contributed by atoms with Gasteiger partial charge in [0.05, 0.1) is 12.0 Å². The predicted octanol–water partition coefficient (Wildman–Crippen LogP) is 1.37. The van der Waals surface area contributed by atoms with Gasteiger partial charge in [0.1, 0.15) is 5.15 Å². The number of imidazole rings is 1. The lowest BCUT2D eigenvalue weighted by Crippen LogP contribution is -2.24. The van der Waals surface area contributed by atoms with Gasteiger partial charge in [-0.1, -0.05) is 11.6 Å². The lowest BCUT2D eigenvalue weighted by atomic mass is 10.1. The van der Waals surface area contributed by atoms with Crippen LogP contribution in [-0.4, -0.2) is 22.1 Å². The van der Waals surface area contributed by atoms with E-state index in [1.54, 1.807) is 6.33 Å². The second-order valence-corrected chi connectivity index (χ2v) is 3.95. The molecule has 0 spiro atoms. The monoisotopic (exact) mass is 199 g/mol. The maximum absolute atomic E-state index is 5.96. The van der Waals surface area contributed by atoms with Crippen molar-refractivity contribution in [3.63, 3.8) is 0 Å². The summed E-state index contributed by atoms with van der Waals surface area (Å²) in [5.74, 6) is 0. The molecule has 1 aromatic rings. The maximum atomic E-state index is 5.96. The highest BCUT2D eigenvalue weighted by atomic mass is 35.5. The molecule has 1 N–H and O–H groups in total. The SMILES string of the molecule is Cn1cnc(Cl)c1CC1CCCN1. The topological polar surface area (TPSA) is 29.9 Å². The van der Waals surface area contributed by atoms with Gasteiger partial charge < -0.3 is 9.88 Å². The average molecular weight is 200 g/mol. The Labute approximate surface area is 83.1 Å². The number of hydrogen-bond donors (Lipinski definition) is 1. The second kappa shape index (κ2) is 3.68. The zero-order chi connectivity index (χ0) is 9.26. The Kier molecular flexibility index (Phi) is 2.56. The quantitative estimate of drug-likeness (QED) is 0.780. The first-order valence-corrected chi connectivity index (χ1v) is 5.04. The first-order valence-electron chi connectivity index (χ1n) is 4.66. The molecule has 0 aromatic carbocycles. The molecule has 13 heavy (non-hydrogen) atoms. The van der Waals surface area contributed by atoms with E-state index in [2.05, 4.69) is 10.3 Å². The lowest BCUT2D eigenvalue weighted by Gasteiger charge is -2.10. The van der Waals surface area contributed by atoms with Crippen molar-refractivity contribution in [3.8, 4) is 0 Å². The number of nitrogens with zero attached hydrogens (tertiary/aromatic N) is 2. The summed E-state index contributed by atoms with van der Waals surface area (Å²) in [5, 5.41) is 4.10. The molecule has 4 heteroatoms. The third-order valence-corrected chi connectivity index (χ3v) is 2.93. The van der Waals surface area contributed by atoms with Crippen molar-refractivity contribution < 1.29 is 0 Å². The molecule has 0 aliphatic carbocycles. The Morgan fingerprint density at radius 3 is 3.15 bits per heavy atom. The summed E-state index contributed by atoms with van der Waals surface area (Å²) in [5.41, 5.74) is 1.14. The van der Waals surface area contributed by atoms with Gasteiger partial charge in [0, 0.05) is 19.5 Å². The van der Waals surface area contributed by atoms with Crippen molar-refractivity contribution in [2.75, 3.05) is 6.54 Å². The van der Waals surface area contributed by atoms with E-state index in [0.717, 1.165) is 18.7 Å². The molecule has 2 rings (SSSR count). The van der Waals surface area contributed by atoms with E-state index in [4.69, 9.17) is 11.6 Å². The molecule has 1 unspecified atom stereocenters. The van der Waals surface area contributed by atoms with E-state index in [-0.39, 0.29) is 0 Å². The maximum Gasteiger partial charge on any atom is 0.150 e. The molecule has 1 aliphatic heterocycles. The third-order valence-electron chi connectivity index (χ3n) is 2.61. The Balaban J connectivity index is 2.07. The molecule has 1 aliphatic rings. The number of aromatic nitrogens is 2. The number of aryl methyl sites for hydroxylation is 1. The average Bonchev–Trinajstić information content (AvgIpc) is 2.70. The summed E-state index contributed by atoms with van der Waals surface area (Å²) in [6, 6.07) is 0.591. The fourth-order valence-electron chi connectivity index (χ4n) is 1.82. The molecule has 2 heterocycles. The first kappa shape index (κ1) is 9.03. The fourth-order valence-corrected chi connectivity index (χ4v) is 2.07. The highest BCUT2D eigenvalue weighted by molar-refractivity contribution is 6.30. The zero-order valence-electron chi connectivity index (χ0n) is 7.76. The van der Waals surface area contributed by atoms with E-state index < -0.39 is 0 Å². The molecule has 1 aromatic heterocycles. The highest BCUT2D eigenvalue weighted by Gasteiger charge is 2.17. The summed E-state index contributed by atoms with van der Waals surface area (Å²) in [7, 11) is 1.99. The molecule has 72 valence electrons. The molecular weight excluding hydrogens is 186 g/mol. The number of nitrogens with one attached hydrogen (secondary N) is 1. The molecule has 0 saturated carbocycles. The lowest BCUT2D eigenvalue weighted by molar-refractivity contribution is 0.583. The van der Waals surface area contributed by atoms with Crippen molar-refractivity contribution in [2.45, 2.75) is 25.3 Å². The molecule has 1 atom stereocenters. The molecule has 0 bridgehead atoms. The van der Waals surface area contributed by atoms with Crippen LogP contribution in [0.5, 0.6) is 0 Å². The summed E-state index contributed by atoms with van der Waals surface area (Å²) >= 11 is 5.96. The van der Waals surface area contributed by atoms with Crippen LogP contribution in [0.25, 0.3) is 0 Å². The van der Waals surface area contributed by atoms with Crippen LogP contribution in [0, 0.1) is 0 Å². The van der Waals surface area contributed by atoms with Crippen LogP contribution in [-0.2, 0) is 13.5 Å². The van der Waals surface area contributed by atoms with E-state index in [1.165, 1.54) is 12.8 Å². The predicted molar refractivity (Wildman–Crippen MR) is 52.9 cm³/mol. The van der Waals surface area contributed by atoms with E-state index in [1.807, 2.05) is 11.6 Å². The van der Waals surface area contributed by atoms with Crippen LogP contribution in [0.3, 0.4) is 0 Å². The largest absolute Gasteiger partial charge is 0.336 e. The summed E-state index contributed by atoms with van der Waals surface area (Å²) in [4.78, 5) is 4.06. The van der Waals surface area contributed by atoms with Crippen molar-refractivity contribution >= 4 is 11.6 Å². The highest BCUT2D eigenvalue weighted by Crippen LogP contribution is 2.17. The minimum absolute atomic E-state index is 0.591. The third kappa shape index (κ3) is 1.86. The number of halogens is 1.